The van der Waals surface area contributed by atoms with Gasteiger partial charge in [-0.2, -0.15) is 0 Å². The molecule has 248 valence electrons. The molecule has 0 bridgehead atoms. The molecule has 0 spiro atoms. The van der Waals surface area contributed by atoms with E-state index in [1.807, 2.05) is 84.2 Å². The van der Waals surface area contributed by atoms with E-state index in [0.717, 1.165) is 29.4 Å². The maximum absolute atomic E-state index is 14.6. The Morgan fingerprint density at radius 2 is 1.45 bits per heavy atom. The van der Waals surface area contributed by atoms with Crippen molar-refractivity contribution in [3.63, 3.8) is 0 Å². The fraction of sp³-hybridized carbons (Fsp3) is 0.150. The number of amides is 2. The van der Waals surface area contributed by atoms with E-state index in [9.17, 15) is 14.7 Å². The van der Waals surface area contributed by atoms with Gasteiger partial charge in [-0.15, -0.1) is 12.4 Å². The van der Waals surface area contributed by atoms with E-state index in [0.29, 0.717) is 39.8 Å². The molecule has 9 heteroatoms. The van der Waals surface area contributed by atoms with Crippen LogP contribution >= 0.6 is 24.0 Å². The molecule has 0 fully saturated rings. The first-order valence-corrected chi connectivity index (χ1v) is 16.3. The number of para-hydroxylation sites is 2. The van der Waals surface area contributed by atoms with Crippen molar-refractivity contribution < 1.29 is 14.7 Å². The molecule has 2 heterocycles. The Morgan fingerprint density at radius 1 is 0.796 bits per heavy atom. The second-order valence-electron chi connectivity index (χ2n) is 12.4. The maximum Gasteiger partial charge on any atom is 0.265 e. The smallest absolute Gasteiger partial charge is 0.265 e. The Labute approximate surface area is 297 Å². The van der Waals surface area contributed by atoms with Crippen molar-refractivity contribution >= 4 is 58.1 Å². The highest BCUT2D eigenvalue weighted by Gasteiger charge is 2.33. The monoisotopic (exact) mass is 690 g/mol. The van der Waals surface area contributed by atoms with E-state index < -0.39 is 0 Å². The van der Waals surface area contributed by atoms with Gasteiger partial charge in [0.15, 0.2) is 0 Å². The fourth-order valence-electron chi connectivity index (χ4n) is 6.68. The van der Waals surface area contributed by atoms with E-state index in [-0.39, 0.29) is 36.0 Å². The lowest BCUT2D eigenvalue weighted by Crippen LogP contribution is -2.49. The summed E-state index contributed by atoms with van der Waals surface area (Å²) in [5.41, 5.74) is 6.02. The lowest BCUT2D eigenvalue weighted by atomic mass is 9.93. The minimum Gasteiger partial charge on any atom is -0.508 e. The van der Waals surface area contributed by atoms with Crippen molar-refractivity contribution in [3.05, 3.63) is 155 Å². The maximum atomic E-state index is 14.6. The number of aromatic nitrogens is 1. The number of hydrogen-bond acceptors (Lipinski definition) is 4. The van der Waals surface area contributed by atoms with Gasteiger partial charge in [0.1, 0.15) is 5.75 Å². The van der Waals surface area contributed by atoms with Gasteiger partial charge < -0.3 is 19.5 Å². The Bertz CT molecular complexity index is 2130. The first-order valence-electron chi connectivity index (χ1n) is 15.9. The number of nitrogens with zero attached hydrogens (tertiary/aromatic N) is 4. The predicted octanol–water partition coefficient (Wildman–Crippen LogP) is 8.52. The highest BCUT2D eigenvalue weighted by molar-refractivity contribution is 6.31. The zero-order valence-corrected chi connectivity index (χ0v) is 28.7. The summed E-state index contributed by atoms with van der Waals surface area (Å²) >= 11 is 6.62. The van der Waals surface area contributed by atoms with E-state index in [1.165, 1.54) is 5.56 Å². The molecule has 49 heavy (non-hydrogen) atoms. The van der Waals surface area contributed by atoms with E-state index in [2.05, 4.69) is 23.1 Å². The molecule has 0 radical (unpaired) electrons. The number of carbonyl (C=O) groups excluding carboxylic acids is 2. The van der Waals surface area contributed by atoms with Crippen LogP contribution in [0.15, 0.2) is 128 Å². The standard InChI is InChI=1S/C40H35ClN4O3.ClH/c1-42(2)25-32-22-27-10-6-7-11-28(27)24-43(32)39(47)35-21-16-29(41)23-38(35)44-26-36(34-14-8-9-15-37(34)44)40(48)45(30-12-4-3-5-13-30)31-17-19-33(46)20-18-31;/h3-21,23,26,32,46H,22,24-25H2,1-2H3;1H/t32-;/m0./s1. The Hall–Kier alpha value is -5.08. The number of halogens is 2. The molecule has 5 aromatic carbocycles. The van der Waals surface area contributed by atoms with Gasteiger partial charge in [0, 0.05) is 47.1 Å². The molecule has 0 aliphatic carbocycles. The molecule has 0 saturated carbocycles. The summed E-state index contributed by atoms with van der Waals surface area (Å²) in [6, 6.07) is 37.3. The number of anilines is 2. The van der Waals surface area contributed by atoms with Gasteiger partial charge in [-0.25, -0.2) is 0 Å². The number of carbonyl (C=O) groups is 2. The van der Waals surface area contributed by atoms with E-state index in [1.54, 1.807) is 53.6 Å². The summed E-state index contributed by atoms with van der Waals surface area (Å²) in [4.78, 5) is 35.0. The van der Waals surface area contributed by atoms with Crippen LogP contribution in [-0.2, 0) is 13.0 Å². The van der Waals surface area contributed by atoms with Gasteiger partial charge in [-0.05, 0) is 92.3 Å². The lowest BCUT2D eigenvalue weighted by Gasteiger charge is -2.38. The van der Waals surface area contributed by atoms with Crippen LogP contribution in [0.4, 0.5) is 11.4 Å². The van der Waals surface area contributed by atoms with Crippen LogP contribution in [0.2, 0.25) is 5.02 Å². The molecule has 7 nitrogen and oxygen atoms in total. The normalized spacial score (nSPS) is 14.0. The average Bonchev–Trinajstić information content (AvgIpc) is 3.48. The first kappa shape index (κ1) is 33.8. The van der Waals surface area contributed by atoms with Gasteiger partial charge >= 0.3 is 0 Å². The van der Waals surface area contributed by atoms with Gasteiger partial charge in [-0.3, -0.25) is 14.5 Å². The summed E-state index contributed by atoms with van der Waals surface area (Å²) < 4.78 is 1.90. The van der Waals surface area contributed by atoms with Crippen molar-refractivity contribution in [2.45, 2.75) is 19.0 Å². The molecule has 1 aliphatic rings. The number of hydrogen-bond donors (Lipinski definition) is 1. The number of phenols is 1. The largest absolute Gasteiger partial charge is 0.508 e. The summed E-state index contributed by atoms with van der Waals surface area (Å²) in [5.74, 6) is -0.238. The highest BCUT2D eigenvalue weighted by atomic mass is 35.5. The summed E-state index contributed by atoms with van der Waals surface area (Å²) in [7, 11) is 4.05. The number of benzene rings is 5. The second kappa shape index (κ2) is 14.2. The van der Waals surface area contributed by atoms with Crippen molar-refractivity contribution in [1.82, 2.24) is 14.4 Å². The second-order valence-corrected chi connectivity index (χ2v) is 12.8. The zero-order valence-electron chi connectivity index (χ0n) is 27.2. The van der Waals surface area contributed by atoms with Crippen LogP contribution < -0.4 is 4.90 Å². The first-order chi connectivity index (χ1) is 23.3. The molecule has 7 rings (SSSR count). The number of fused-ring (bicyclic) bond motifs is 2. The molecule has 1 atom stereocenters. The van der Waals surface area contributed by atoms with Crippen LogP contribution in [0.1, 0.15) is 31.8 Å². The molecule has 0 unspecified atom stereocenters. The summed E-state index contributed by atoms with van der Waals surface area (Å²) in [6.45, 7) is 1.23. The topological polar surface area (TPSA) is 69.0 Å². The quantitative estimate of drug-likeness (QED) is 0.182. The third-order valence-electron chi connectivity index (χ3n) is 8.91. The average molecular weight is 692 g/mol. The number of likely N-dealkylation sites (N-methyl/N-ethyl adjacent to an activating group) is 1. The van der Waals surface area contributed by atoms with E-state index in [4.69, 9.17) is 11.6 Å². The van der Waals surface area contributed by atoms with Crippen LogP contribution in [0.3, 0.4) is 0 Å². The van der Waals surface area contributed by atoms with Gasteiger partial charge in [0.2, 0.25) is 0 Å². The Morgan fingerprint density at radius 3 is 2.18 bits per heavy atom. The van der Waals surface area contributed by atoms with Crippen molar-refractivity contribution in [3.8, 4) is 11.4 Å². The molecule has 1 aliphatic heterocycles. The third-order valence-corrected chi connectivity index (χ3v) is 9.14. The molecule has 2 amide bonds. The Balaban J connectivity index is 0.00000417. The van der Waals surface area contributed by atoms with Crippen molar-refractivity contribution in [2.75, 3.05) is 25.5 Å². The summed E-state index contributed by atoms with van der Waals surface area (Å²) in [5, 5.41) is 11.2. The van der Waals surface area contributed by atoms with Crippen LogP contribution in [-0.4, -0.2) is 58.0 Å². The van der Waals surface area contributed by atoms with E-state index >= 15 is 0 Å². The van der Waals surface area contributed by atoms with Crippen molar-refractivity contribution in [1.29, 1.82) is 0 Å². The van der Waals surface area contributed by atoms with Crippen LogP contribution in [0.5, 0.6) is 5.75 Å². The van der Waals surface area contributed by atoms with Crippen LogP contribution in [0.25, 0.3) is 16.6 Å². The molecule has 1 aromatic heterocycles. The van der Waals surface area contributed by atoms with Gasteiger partial charge in [0.25, 0.3) is 11.8 Å². The fourth-order valence-corrected chi connectivity index (χ4v) is 6.85. The minimum absolute atomic E-state index is 0. The molecule has 6 aromatic rings. The molecule has 0 saturated heterocycles. The number of aromatic hydroxyl groups is 1. The highest BCUT2D eigenvalue weighted by Crippen LogP contribution is 2.35. The lowest BCUT2D eigenvalue weighted by molar-refractivity contribution is 0.0606. The number of rotatable bonds is 7. The van der Waals surface area contributed by atoms with Crippen LogP contribution in [0, 0.1) is 0 Å². The van der Waals surface area contributed by atoms with Crippen molar-refractivity contribution in [2.24, 2.45) is 0 Å². The molecule has 1 N–H and O–H groups in total. The predicted molar refractivity (Wildman–Crippen MR) is 199 cm³/mol. The SMILES string of the molecule is CN(C)C[C@@H]1Cc2ccccc2CN1C(=O)c1ccc(Cl)cc1-n1cc(C(=O)N(c2ccccc2)c2ccc(O)cc2)c2ccccc21.Cl. The summed E-state index contributed by atoms with van der Waals surface area (Å²) in [6.07, 6.45) is 2.56. The number of phenolic OH excluding ortho intramolecular Hbond substituents is 1. The van der Waals surface area contributed by atoms with Gasteiger partial charge in [-0.1, -0.05) is 72.3 Å². The minimum atomic E-state index is -0.254. The van der Waals surface area contributed by atoms with Gasteiger partial charge in [0.05, 0.1) is 22.3 Å². The third kappa shape index (κ3) is 6.65. The molecular weight excluding hydrogens is 655 g/mol. The zero-order chi connectivity index (χ0) is 33.4. The Kier molecular flexibility index (Phi) is 9.79. The molecular formula is C40H36Cl2N4O3.